The van der Waals surface area contributed by atoms with Crippen LogP contribution in [0.5, 0.6) is 0 Å². The number of Topliss-reactive ketones (excluding diaryl/α,β-unsaturated/α-hetero) is 3. The van der Waals surface area contributed by atoms with Gasteiger partial charge in [0.25, 0.3) is 0 Å². The molecule has 0 heterocycles. The molecule has 0 bridgehead atoms. The van der Waals surface area contributed by atoms with E-state index in [2.05, 4.69) is 20.8 Å². The van der Waals surface area contributed by atoms with Gasteiger partial charge in [-0.05, 0) is 67.1 Å². The summed E-state index contributed by atoms with van der Waals surface area (Å²) in [5, 5.41) is 0. The summed E-state index contributed by atoms with van der Waals surface area (Å²) in [7, 11) is 0. The van der Waals surface area contributed by atoms with E-state index in [1.807, 2.05) is 0 Å². The third kappa shape index (κ3) is 3.60. The fraction of sp³-hybridized carbons (Fsp3) is 0.846. The maximum Gasteiger partial charge on any atom is 0.302 e. The Balaban J connectivity index is 1.54. The van der Waals surface area contributed by atoms with Crippen LogP contribution in [0.15, 0.2) is 0 Å². The van der Waals surface area contributed by atoms with Crippen molar-refractivity contribution < 1.29 is 23.9 Å². The van der Waals surface area contributed by atoms with Gasteiger partial charge in [0.05, 0.1) is 6.61 Å². The number of carbonyl (C=O) groups is 4. The number of esters is 1. The molecule has 0 radical (unpaired) electrons. The molecule has 172 valence electrons. The molecule has 31 heavy (non-hydrogen) atoms. The molecule has 0 aromatic rings. The molecule has 0 aromatic heterocycles. The highest BCUT2D eigenvalue weighted by Crippen LogP contribution is 2.66. The summed E-state index contributed by atoms with van der Waals surface area (Å²) in [4.78, 5) is 50.2. The van der Waals surface area contributed by atoms with Gasteiger partial charge in [-0.15, -0.1) is 0 Å². The van der Waals surface area contributed by atoms with Crippen molar-refractivity contribution in [1.29, 1.82) is 0 Å². The van der Waals surface area contributed by atoms with Gasteiger partial charge < -0.3 is 4.74 Å². The highest BCUT2D eigenvalue weighted by molar-refractivity contribution is 5.93. The number of hydrogen-bond acceptors (Lipinski definition) is 5. The van der Waals surface area contributed by atoms with Crippen LogP contribution in [0.25, 0.3) is 0 Å². The van der Waals surface area contributed by atoms with Gasteiger partial charge in [0.1, 0.15) is 17.3 Å². The number of rotatable bonds is 5. The molecule has 4 rings (SSSR count). The van der Waals surface area contributed by atoms with Crippen molar-refractivity contribution in [2.24, 2.45) is 46.3 Å². The van der Waals surface area contributed by atoms with E-state index in [0.29, 0.717) is 49.8 Å². The molecular weight excluding hydrogens is 392 g/mol. The van der Waals surface area contributed by atoms with Crippen LogP contribution in [0.3, 0.4) is 0 Å². The van der Waals surface area contributed by atoms with Crippen LogP contribution in [-0.2, 0) is 23.9 Å². The zero-order valence-electron chi connectivity index (χ0n) is 19.6. The molecule has 4 saturated carbocycles. The van der Waals surface area contributed by atoms with Crippen molar-refractivity contribution in [3.05, 3.63) is 0 Å². The normalized spacial score (nSPS) is 43.1. The Hall–Kier alpha value is -1.52. The second kappa shape index (κ2) is 8.12. The number of fused-ring (bicyclic) bond motifs is 5. The van der Waals surface area contributed by atoms with Gasteiger partial charge in [0.15, 0.2) is 0 Å². The second-order valence-electron chi connectivity index (χ2n) is 11.4. The van der Waals surface area contributed by atoms with Crippen LogP contribution >= 0.6 is 0 Å². The van der Waals surface area contributed by atoms with Gasteiger partial charge in [-0.1, -0.05) is 20.8 Å². The van der Waals surface area contributed by atoms with Crippen LogP contribution in [0, 0.1) is 46.3 Å². The molecule has 0 spiro atoms. The molecule has 0 aromatic carbocycles. The van der Waals surface area contributed by atoms with E-state index < -0.39 is 5.41 Å². The molecule has 8 atom stereocenters. The molecule has 4 fully saturated rings. The van der Waals surface area contributed by atoms with E-state index in [1.54, 1.807) is 0 Å². The molecule has 0 N–H and O–H groups in total. The molecule has 4 aliphatic rings. The van der Waals surface area contributed by atoms with E-state index in [1.165, 1.54) is 6.92 Å². The second-order valence-corrected chi connectivity index (χ2v) is 11.4. The van der Waals surface area contributed by atoms with E-state index in [-0.39, 0.29) is 46.8 Å². The summed E-state index contributed by atoms with van der Waals surface area (Å²) in [6.45, 7) is 8.48. The zero-order chi connectivity index (χ0) is 22.6. The smallest absolute Gasteiger partial charge is 0.302 e. The Morgan fingerprint density at radius 2 is 1.84 bits per heavy atom. The minimum Gasteiger partial charge on any atom is -0.466 e. The molecule has 4 aliphatic carbocycles. The molecule has 0 amide bonds. The van der Waals surface area contributed by atoms with Gasteiger partial charge in [-0.2, -0.15) is 0 Å². The van der Waals surface area contributed by atoms with Crippen molar-refractivity contribution in [3.63, 3.8) is 0 Å². The van der Waals surface area contributed by atoms with Crippen LogP contribution in [0.2, 0.25) is 0 Å². The fourth-order valence-electron chi connectivity index (χ4n) is 8.21. The Morgan fingerprint density at radius 3 is 2.55 bits per heavy atom. The fourth-order valence-corrected chi connectivity index (χ4v) is 8.21. The quantitative estimate of drug-likeness (QED) is 0.472. The van der Waals surface area contributed by atoms with Crippen LogP contribution in [0.4, 0.5) is 0 Å². The highest BCUT2D eigenvalue weighted by Gasteiger charge is 2.66. The minimum absolute atomic E-state index is 0.0181. The summed E-state index contributed by atoms with van der Waals surface area (Å²) in [5.41, 5.74) is -0.484. The topological polar surface area (TPSA) is 77.5 Å². The standard InChI is InChI=1S/C26H38O5/c1-15(6-5-11-31-16(2)27)19-7-8-20-24-21(14-23(30)26(19,20)4)25(3)10-9-18(28)12-17(25)13-22(24)29/h15,17,19-21,24H,5-14H2,1-4H3/t15-,17?,19-,20+,21+,24+,25+,26-/m1/s1. The first-order valence-electron chi connectivity index (χ1n) is 12.3. The largest absolute Gasteiger partial charge is 0.466 e. The number of carbonyl (C=O) groups excluding carboxylic acids is 4. The van der Waals surface area contributed by atoms with Gasteiger partial charge in [-0.3, -0.25) is 19.2 Å². The minimum atomic E-state index is -0.425. The van der Waals surface area contributed by atoms with Crippen molar-refractivity contribution in [1.82, 2.24) is 0 Å². The lowest BCUT2D eigenvalue weighted by molar-refractivity contribution is -0.166. The Labute approximate surface area is 186 Å². The van der Waals surface area contributed by atoms with E-state index in [0.717, 1.165) is 32.1 Å². The number of hydrogen-bond donors (Lipinski definition) is 0. The first-order chi connectivity index (χ1) is 14.6. The molecule has 1 unspecified atom stereocenters. The average Bonchev–Trinajstić information content (AvgIpc) is 3.06. The predicted molar refractivity (Wildman–Crippen MR) is 116 cm³/mol. The summed E-state index contributed by atoms with van der Waals surface area (Å²) in [6.07, 6.45) is 6.66. The highest BCUT2D eigenvalue weighted by atomic mass is 16.5. The summed E-state index contributed by atoms with van der Waals surface area (Å²) in [6, 6.07) is 0. The number of ketones is 3. The average molecular weight is 431 g/mol. The van der Waals surface area contributed by atoms with Crippen LogP contribution in [0.1, 0.15) is 85.5 Å². The molecule has 5 nitrogen and oxygen atoms in total. The first kappa shape index (κ1) is 22.7. The van der Waals surface area contributed by atoms with E-state index >= 15 is 0 Å². The third-order valence-electron chi connectivity index (χ3n) is 10.0. The van der Waals surface area contributed by atoms with Gasteiger partial charge in [0, 0.05) is 43.9 Å². The zero-order valence-corrected chi connectivity index (χ0v) is 19.6. The Kier molecular flexibility index (Phi) is 5.93. The van der Waals surface area contributed by atoms with Crippen molar-refractivity contribution in [2.45, 2.75) is 85.5 Å². The van der Waals surface area contributed by atoms with Crippen LogP contribution < -0.4 is 0 Å². The Morgan fingerprint density at radius 1 is 1.10 bits per heavy atom. The lowest BCUT2D eigenvalue weighted by Gasteiger charge is -2.58. The summed E-state index contributed by atoms with van der Waals surface area (Å²) < 4.78 is 5.09. The molecule has 0 aliphatic heterocycles. The summed E-state index contributed by atoms with van der Waals surface area (Å²) >= 11 is 0. The summed E-state index contributed by atoms with van der Waals surface area (Å²) in [5.74, 6) is 1.69. The lowest BCUT2D eigenvalue weighted by atomic mass is 9.44. The van der Waals surface area contributed by atoms with Gasteiger partial charge >= 0.3 is 5.97 Å². The van der Waals surface area contributed by atoms with Crippen LogP contribution in [-0.4, -0.2) is 29.9 Å². The molecule has 0 saturated heterocycles. The number of ether oxygens (including phenoxy) is 1. The first-order valence-corrected chi connectivity index (χ1v) is 12.3. The molecule has 5 heteroatoms. The monoisotopic (exact) mass is 430 g/mol. The molecular formula is C26H38O5. The van der Waals surface area contributed by atoms with Crippen molar-refractivity contribution in [2.75, 3.05) is 6.61 Å². The van der Waals surface area contributed by atoms with E-state index in [9.17, 15) is 19.2 Å². The third-order valence-corrected chi connectivity index (χ3v) is 10.0. The Bertz CT molecular complexity index is 787. The maximum atomic E-state index is 13.7. The van der Waals surface area contributed by atoms with E-state index in [4.69, 9.17) is 4.74 Å². The maximum absolute atomic E-state index is 13.7. The van der Waals surface area contributed by atoms with Crippen molar-refractivity contribution in [3.8, 4) is 0 Å². The van der Waals surface area contributed by atoms with Gasteiger partial charge in [0.2, 0.25) is 0 Å². The lowest BCUT2D eigenvalue weighted by Crippen LogP contribution is -2.60. The SMILES string of the molecule is CC(=O)OCCC[C@@H](C)[C@H]1CC[C@H]2[C@@H]3C(=O)CC4CC(=O)CC[C@]4(C)[C@H]3CC(=O)[C@]12C. The van der Waals surface area contributed by atoms with Crippen molar-refractivity contribution >= 4 is 23.3 Å². The predicted octanol–water partition coefficient (Wildman–Crippen LogP) is 4.55. The van der Waals surface area contributed by atoms with Gasteiger partial charge in [-0.25, -0.2) is 0 Å².